The third-order valence-electron chi connectivity index (χ3n) is 6.59. The predicted octanol–water partition coefficient (Wildman–Crippen LogP) is 4.10. The van der Waals surface area contributed by atoms with Crippen molar-refractivity contribution in [2.45, 2.75) is 31.3 Å². The van der Waals surface area contributed by atoms with Crippen LogP contribution >= 0.6 is 23.2 Å². The summed E-state index contributed by atoms with van der Waals surface area (Å²) in [6, 6.07) is 12.3. The van der Waals surface area contributed by atoms with Gasteiger partial charge in [0.2, 0.25) is 0 Å². The van der Waals surface area contributed by atoms with E-state index in [4.69, 9.17) is 33.7 Å². The van der Waals surface area contributed by atoms with E-state index in [0.717, 1.165) is 18.5 Å². The number of nitrogens with zero attached hydrogens (tertiary/aromatic N) is 3. The van der Waals surface area contributed by atoms with E-state index < -0.39 is 30.7 Å². The van der Waals surface area contributed by atoms with Crippen LogP contribution in [0.5, 0.6) is 0 Å². The summed E-state index contributed by atoms with van der Waals surface area (Å²) in [7, 11) is 0. The van der Waals surface area contributed by atoms with Crippen LogP contribution in [-0.4, -0.2) is 77.1 Å². The Hall–Kier alpha value is -2.86. The summed E-state index contributed by atoms with van der Waals surface area (Å²) in [5, 5.41) is 31.6. The number of urea groups is 1. The minimum atomic E-state index is -4.96. The SMILES string of the molecule is N=C(c1ccc(Cl)cc1)N(C[C@H](O)C(F)(F)F)C(=O)NCC1=NN(Cc2ccccc2Cl)C2CCNCC12. The van der Waals surface area contributed by atoms with Crippen molar-refractivity contribution in [2.24, 2.45) is 11.0 Å². The first-order valence-electron chi connectivity index (χ1n) is 12.0. The first-order chi connectivity index (χ1) is 18.0. The van der Waals surface area contributed by atoms with E-state index in [9.17, 15) is 23.1 Å². The van der Waals surface area contributed by atoms with Gasteiger partial charge < -0.3 is 15.7 Å². The third-order valence-corrected chi connectivity index (χ3v) is 7.21. The minimum Gasteiger partial charge on any atom is -0.382 e. The van der Waals surface area contributed by atoms with Crippen LogP contribution < -0.4 is 10.6 Å². The number of fused-ring (bicyclic) bond motifs is 1. The highest BCUT2D eigenvalue weighted by atomic mass is 35.5. The van der Waals surface area contributed by atoms with Crippen LogP contribution in [-0.2, 0) is 6.54 Å². The van der Waals surface area contributed by atoms with Gasteiger partial charge in [-0.1, -0.05) is 41.4 Å². The van der Waals surface area contributed by atoms with Gasteiger partial charge in [0.25, 0.3) is 0 Å². The summed E-state index contributed by atoms with van der Waals surface area (Å²) >= 11 is 12.2. The van der Waals surface area contributed by atoms with Crippen molar-refractivity contribution in [1.29, 1.82) is 5.41 Å². The zero-order valence-electron chi connectivity index (χ0n) is 20.2. The highest BCUT2D eigenvalue weighted by Crippen LogP contribution is 2.30. The van der Waals surface area contributed by atoms with Gasteiger partial charge in [-0.3, -0.25) is 15.3 Å². The molecule has 0 radical (unpaired) electrons. The van der Waals surface area contributed by atoms with E-state index in [-0.39, 0.29) is 24.1 Å². The average molecular weight is 571 g/mol. The summed E-state index contributed by atoms with van der Waals surface area (Å²) in [5.41, 5.74) is 1.74. The first kappa shape index (κ1) is 28.2. The van der Waals surface area contributed by atoms with Crippen LogP contribution in [0.25, 0.3) is 0 Å². The second kappa shape index (κ2) is 11.9. The van der Waals surface area contributed by atoms with Crippen LogP contribution in [0.15, 0.2) is 53.6 Å². The lowest BCUT2D eigenvalue weighted by atomic mass is 9.90. The molecule has 3 atom stereocenters. The number of piperidine rings is 1. The van der Waals surface area contributed by atoms with E-state index in [2.05, 4.69) is 10.6 Å². The van der Waals surface area contributed by atoms with Crippen molar-refractivity contribution >= 4 is 40.8 Å². The number of hydrogen-bond acceptors (Lipinski definition) is 6. The molecule has 0 aromatic heterocycles. The zero-order valence-corrected chi connectivity index (χ0v) is 21.7. The Morgan fingerprint density at radius 1 is 1.24 bits per heavy atom. The van der Waals surface area contributed by atoms with Crippen molar-refractivity contribution in [3.8, 4) is 0 Å². The summed E-state index contributed by atoms with van der Waals surface area (Å²) in [6.07, 6.45) is -6.97. The molecule has 2 aliphatic heterocycles. The molecule has 0 spiro atoms. The van der Waals surface area contributed by atoms with E-state index in [1.165, 1.54) is 24.3 Å². The number of hydrogen-bond donors (Lipinski definition) is 4. The molecule has 2 heterocycles. The van der Waals surface area contributed by atoms with Gasteiger partial charge in [-0.15, -0.1) is 0 Å². The van der Waals surface area contributed by atoms with Crippen LogP contribution in [0.4, 0.5) is 18.0 Å². The fourth-order valence-corrected chi connectivity index (χ4v) is 4.87. The standard InChI is InChI=1S/C25H27Cl2F3N6O2/c26-17-7-5-15(6-8-17)23(31)35(14-22(37)25(28,29)30)24(38)33-12-20-18-11-32-10-9-21(18)36(34-20)13-16-3-1-2-4-19(16)27/h1-8,18,21-22,31-32,37H,9-14H2,(H,33,38)/t18?,21?,22-/m0/s1. The molecule has 2 amide bonds. The van der Waals surface area contributed by atoms with E-state index in [0.29, 0.717) is 33.7 Å². The molecule has 204 valence electrons. The smallest absolute Gasteiger partial charge is 0.382 e. The fraction of sp³-hybridized carbons (Fsp3) is 0.400. The molecule has 1 saturated heterocycles. The Morgan fingerprint density at radius 3 is 2.63 bits per heavy atom. The largest absolute Gasteiger partial charge is 0.416 e. The lowest BCUT2D eigenvalue weighted by Crippen LogP contribution is -2.52. The van der Waals surface area contributed by atoms with Crippen LogP contribution in [0.2, 0.25) is 10.0 Å². The number of carbonyl (C=O) groups is 1. The maximum absolute atomic E-state index is 13.1. The number of carbonyl (C=O) groups excluding carboxylic acids is 1. The second-order valence-corrected chi connectivity index (χ2v) is 9.97. The number of halogens is 5. The fourth-order valence-electron chi connectivity index (χ4n) is 4.55. The lowest BCUT2D eigenvalue weighted by molar-refractivity contribution is -0.204. The number of aliphatic hydroxyl groups excluding tert-OH is 1. The van der Waals surface area contributed by atoms with E-state index in [1.54, 1.807) is 6.07 Å². The summed E-state index contributed by atoms with van der Waals surface area (Å²) < 4.78 is 39.4. The first-order valence-corrected chi connectivity index (χ1v) is 12.7. The number of benzene rings is 2. The van der Waals surface area contributed by atoms with Gasteiger partial charge in [-0.2, -0.15) is 18.3 Å². The number of nitrogens with one attached hydrogen (secondary N) is 3. The van der Waals surface area contributed by atoms with Gasteiger partial charge in [0.1, 0.15) is 5.84 Å². The van der Waals surface area contributed by atoms with Gasteiger partial charge in [0.15, 0.2) is 6.10 Å². The molecule has 13 heteroatoms. The molecule has 1 fully saturated rings. The Labute approximate surface area is 227 Å². The van der Waals surface area contributed by atoms with Gasteiger partial charge in [-0.05, 0) is 48.9 Å². The lowest BCUT2D eigenvalue weighted by Gasteiger charge is -2.32. The molecule has 0 aliphatic carbocycles. The number of alkyl halides is 3. The highest BCUT2D eigenvalue weighted by molar-refractivity contribution is 6.31. The molecule has 2 aromatic carbocycles. The molecule has 8 nitrogen and oxygen atoms in total. The van der Waals surface area contributed by atoms with Crippen LogP contribution in [0.3, 0.4) is 0 Å². The Morgan fingerprint density at radius 2 is 1.95 bits per heavy atom. The van der Waals surface area contributed by atoms with Gasteiger partial charge in [-0.25, -0.2) is 4.79 Å². The number of aliphatic hydroxyl groups is 1. The topological polar surface area (TPSA) is 104 Å². The Kier molecular flexibility index (Phi) is 8.81. The Balaban J connectivity index is 1.50. The van der Waals surface area contributed by atoms with E-state index in [1.807, 2.05) is 23.2 Å². The molecular weight excluding hydrogens is 544 g/mol. The zero-order chi connectivity index (χ0) is 27.4. The van der Waals surface area contributed by atoms with Crippen molar-refractivity contribution in [1.82, 2.24) is 20.5 Å². The van der Waals surface area contributed by atoms with Crippen LogP contribution in [0, 0.1) is 11.3 Å². The maximum atomic E-state index is 13.1. The molecule has 0 bridgehead atoms. The molecule has 4 N–H and O–H groups in total. The van der Waals surface area contributed by atoms with Gasteiger partial charge in [0.05, 0.1) is 31.4 Å². The molecule has 38 heavy (non-hydrogen) atoms. The van der Waals surface area contributed by atoms with Crippen molar-refractivity contribution in [2.75, 3.05) is 26.2 Å². The van der Waals surface area contributed by atoms with Crippen molar-refractivity contribution in [3.63, 3.8) is 0 Å². The van der Waals surface area contributed by atoms with Crippen molar-refractivity contribution < 1.29 is 23.1 Å². The number of rotatable bonds is 7. The van der Waals surface area contributed by atoms with Gasteiger partial charge >= 0.3 is 12.2 Å². The third kappa shape index (κ3) is 6.58. The molecule has 2 aliphatic rings. The number of hydrazone groups is 1. The quantitative estimate of drug-likeness (QED) is 0.297. The maximum Gasteiger partial charge on any atom is 0.416 e. The number of amides is 2. The summed E-state index contributed by atoms with van der Waals surface area (Å²) in [4.78, 5) is 13.7. The molecule has 0 saturated carbocycles. The van der Waals surface area contributed by atoms with Crippen LogP contribution in [0.1, 0.15) is 17.5 Å². The second-order valence-electron chi connectivity index (χ2n) is 9.13. The summed E-state index contributed by atoms with van der Waals surface area (Å²) in [6.45, 7) is 0.734. The Bertz CT molecular complexity index is 1190. The van der Waals surface area contributed by atoms with E-state index >= 15 is 0 Å². The molecule has 4 rings (SSSR count). The molecular formula is C25H27Cl2F3N6O2. The monoisotopic (exact) mass is 570 g/mol. The predicted molar refractivity (Wildman–Crippen MR) is 140 cm³/mol. The molecule has 2 unspecified atom stereocenters. The minimum absolute atomic E-state index is 0.0172. The highest BCUT2D eigenvalue weighted by Gasteiger charge is 2.42. The average Bonchev–Trinajstić information content (AvgIpc) is 3.24. The van der Waals surface area contributed by atoms with Gasteiger partial charge in [0, 0.05) is 28.1 Å². The normalized spacial score (nSPS) is 19.9. The summed E-state index contributed by atoms with van der Waals surface area (Å²) in [5.74, 6) is -0.523. The molecule has 2 aromatic rings. The number of amidine groups is 1. The van der Waals surface area contributed by atoms with Crippen molar-refractivity contribution in [3.05, 3.63) is 69.7 Å².